The van der Waals surface area contributed by atoms with E-state index in [0.717, 1.165) is 0 Å². The average molecular weight is 176 g/mol. The van der Waals surface area contributed by atoms with Gasteiger partial charge in [0.2, 0.25) is 0 Å². The van der Waals surface area contributed by atoms with Crippen molar-refractivity contribution < 1.29 is 5.11 Å². The normalized spacial score (nSPS) is 10.5. The van der Waals surface area contributed by atoms with Crippen LogP contribution in [0.5, 0.6) is 5.88 Å². The number of fused-ring (bicyclic) bond motifs is 1. The second kappa shape index (κ2) is 2.48. The van der Waals surface area contributed by atoms with Crippen LogP contribution in [0, 0.1) is 0 Å². The quantitative estimate of drug-likeness (QED) is 0.508. The molecule has 13 heavy (non-hydrogen) atoms. The molecule has 0 aliphatic rings. The Morgan fingerprint density at radius 3 is 2.69 bits per heavy atom. The van der Waals surface area contributed by atoms with Gasteiger partial charge < -0.3 is 16.6 Å². The zero-order valence-corrected chi connectivity index (χ0v) is 6.73. The van der Waals surface area contributed by atoms with Gasteiger partial charge in [-0.2, -0.15) is 0 Å². The minimum atomic E-state index is -0.266. The Labute approximate surface area is 74.0 Å². The van der Waals surface area contributed by atoms with Gasteiger partial charge in [-0.25, -0.2) is 9.97 Å². The van der Waals surface area contributed by atoms with Crippen LogP contribution >= 0.6 is 0 Å². The summed E-state index contributed by atoms with van der Waals surface area (Å²) < 4.78 is 0. The molecule has 5 N–H and O–H groups in total. The molecule has 0 saturated carbocycles. The minimum absolute atomic E-state index is 0.00889. The molecule has 0 radical (unpaired) electrons. The number of rotatable bonds is 0. The molecule has 1 heterocycles. The van der Waals surface area contributed by atoms with Crippen LogP contribution in [0.15, 0.2) is 18.2 Å². The van der Waals surface area contributed by atoms with Crippen LogP contribution in [0.25, 0.3) is 11.0 Å². The highest BCUT2D eigenvalue weighted by molar-refractivity contribution is 5.87. The predicted molar refractivity (Wildman–Crippen MR) is 50.0 cm³/mol. The minimum Gasteiger partial charge on any atom is -0.491 e. The van der Waals surface area contributed by atoms with Gasteiger partial charge in [-0.15, -0.1) is 0 Å². The number of nitrogen functional groups attached to an aromatic ring is 2. The van der Waals surface area contributed by atoms with Gasteiger partial charge in [-0.05, 0) is 12.1 Å². The van der Waals surface area contributed by atoms with Crippen molar-refractivity contribution in [3.63, 3.8) is 0 Å². The summed E-state index contributed by atoms with van der Waals surface area (Å²) in [6.45, 7) is 0. The summed E-state index contributed by atoms with van der Waals surface area (Å²) in [6, 6.07) is 5.15. The molecule has 0 atom stereocenters. The summed E-state index contributed by atoms with van der Waals surface area (Å²) in [5, 5.41) is 9.17. The van der Waals surface area contributed by atoms with E-state index in [9.17, 15) is 0 Å². The van der Waals surface area contributed by atoms with Gasteiger partial charge in [0.1, 0.15) is 5.52 Å². The summed E-state index contributed by atoms with van der Waals surface area (Å²) in [5.74, 6) is -0.275. The van der Waals surface area contributed by atoms with E-state index in [0.29, 0.717) is 16.7 Å². The molecule has 5 nitrogen and oxygen atoms in total. The number of para-hydroxylation sites is 1. The molecular weight excluding hydrogens is 168 g/mol. The summed E-state index contributed by atoms with van der Waals surface area (Å²) in [4.78, 5) is 7.74. The second-order valence-corrected chi connectivity index (χ2v) is 2.65. The zero-order chi connectivity index (χ0) is 9.42. The molecule has 0 amide bonds. The monoisotopic (exact) mass is 176 g/mol. The van der Waals surface area contributed by atoms with E-state index in [1.54, 1.807) is 18.2 Å². The van der Waals surface area contributed by atoms with Crippen molar-refractivity contribution in [2.45, 2.75) is 0 Å². The maximum absolute atomic E-state index is 9.17. The lowest BCUT2D eigenvalue weighted by atomic mass is 10.2. The van der Waals surface area contributed by atoms with Crippen molar-refractivity contribution in [1.29, 1.82) is 0 Å². The van der Waals surface area contributed by atoms with E-state index >= 15 is 0 Å². The van der Waals surface area contributed by atoms with Crippen LogP contribution in [0.3, 0.4) is 0 Å². The standard InChI is InChI=1S/C8H8N4O/c9-4-2-1-3-5-6(4)12-7(10)8(13)11-5/h1-3H,9H2,(H2,10,12)(H,11,13). The van der Waals surface area contributed by atoms with Gasteiger partial charge in [0.05, 0.1) is 11.2 Å². The number of nitrogens with zero attached hydrogens (tertiary/aromatic N) is 2. The van der Waals surface area contributed by atoms with Gasteiger partial charge in [0, 0.05) is 0 Å². The van der Waals surface area contributed by atoms with Gasteiger partial charge in [-0.3, -0.25) is 0 Å². The average Bonchev–Trinajstić information content (AvgIpc) is 2.09. The number of aromatic hydroxyl groups is 1. The molecule has 66 valence electrons. The second-order valence-electron chi connectivity index (χ2n) is 2.65. The topological polar surface area (TPSA) is 98.0 Å². The molecule has 2 aromatic rings. The smallest absolute Gasteiger partial charge is 0.255 e. The molecule has 1 aromatic carbocycles. The molecule has 5 heteroatoms. The fourth-order valence-corrected chi connectivity index (χ4v) is 1.10. The van der Waals surface area contributed by atoms with Crippen LogP contribution in [0.4, 0.5) is 11.5 Å². The highest BCUT2D eigenvalue weighted by Crippen LogP contribution is 2.22. The van der Waals surface area contributed by atoms with E-state index in [2.05, 4.69) is 9.97 Å². The molecule has 0 bridgehead atoms. The van der Waals surface area contributed by atoms with Crippen molar-refractivity contribution >= 4 is 22.5 Å². The van der Waals surface area contributed by atoms with Crippen molar-refractivity contribution in [1.82, 2.24) is 9.97 Å². The van der Waals surface area contributed by atoms with Crippen LogP contribution in [0.1, 0.15) is 0 Å². The van der Waals surface area contributed by atoms with Crippen LogP contribution < -0.4 is 11.5 Å². The Kier molecular flexibility index (Phi) is 1.45. The maximum atomic E-state index is 9.17. The first-order valence-electron chi connectivity index (χ1n) is 3.69. The van der Waals surface area contributed by atoms with Crippen LogP contribution in [0.2, 0.25) is 0 Å². The van der Waals surface area contributed by atoms with E-state index < -0.39 is 0 Å². The number of hydrogen-bond donors (Lipinski definition) is 3. The lowest BCUT2D eigenvalue weighted by molar-refractivity contribution is 0.456. The van der Waals surface area contributed by atoms with Crippen LogP contribution in [-0.2, 0) is 0 Å². The Hall–Kier alpha value is -2.04. The Morgan fingerprint density at radius 2 is 1.92 bits per heavy atom. The molecule has 0 fully saturated rings. The van der Waals surface area contributed by atoms with Crippen molar-refractivity contribution in [2.75, 3.05) is 11.5 Å². The van der Waals surface area contributed by atoms with E-state index in [-0.39, 0.29) is 11.7 Å². The first-order valence-corrected chi connectivity index (χ1v) is 3.69. The Balaban J connectivity index is 2.89. The van der Waals surface area contributed by atoms with Gasteiger partial charge in [0.15, 0.2) is 5.82 Å². The van der Waals surface area contributed by atoms with Gasteiger partial charge in [0.25, 0.3) is 5.88 Å². The number of nitrogens with two attached hydrogens (primary N) is 2. The molecule has 0 unspecified atom stereocenters. The van der Waals surface area contributed by atoms with E-state index in [1.165, 1.54) is 0 Å². The SMILES string of the molecule is Nc1nc2c(N)cccc2nc1O. The summed E-state index contributed by atoms with van der Waals surface area (Å²) in [6.07, 6.45) is 0. The molecule has 1 aromatic heterocycles. The summed E-state index contributed by atoms with van der Waals surface area (Å²) >= 11 is 0. The largest absolute Gasteiger partial charge is 0.491 e. The lowest BCUT2D eigenvalue weighted by Gasteiger charge is -2.02. The maximum Gasteiger partial charge on any atom is 0.255 e. The van der Waals surface area contributed by atoms with E-state index in [1.807, 2.05) is 0 Å². The van der Waals surface area contributed by atoms with E-state index in [4.69, 9.17) is 16.6 Å². The van der Waals surface area contributed by atoms with Crippen molar-refractivity contribution in [2.24, 2.45) is 0 Å². The first kappa shape index (κ1) is 7.60. The number of aromatic nitrogens is 2. The molecular formula is C8H8N4O. The molecule has 0 spiro atoms. The molecule has 0 saturated heterocycles. The number of anilines is 2. The van der Waals surface area contributed by atoms with Crippen molar-refractivity contribution in [3.8, 4) is 5.88 Å². The van der Waals surface area contributed by atoms with Crippen molar-refractivity contribution in [3.05, 3.63) is 18.2 Å². The molecule has 0 aliphatic heterocycles. The molecule has 0 aliphatic carbocycles. The van der Waals surface area contributed by atoms with Gasteiger partial charge in [-0.1, -0.05) is 6.07 Å². The highest BCUT2D eigenvalue weighted by atomic mass is 16.3. The third-order valence-electron chi connectivity index (χ3n) is 1.73. The number of hydrogen-bond acceptors (Lipinski definition) is 5. The third kappa shape index (κ3) is 1.10. The Bertz CT molecular complexity index is 469. The zero-order valence-electron chi connectivity index (χ0n) is 6.73. The fourth-order valence-electron chi connectivity index (χ4n) is 1.10. The molecule has 2 rings (SSSR count). The third-order valence-corrected chi connectivity index (χ3v) is 1.73. The summed E-state index contributed by atoms with van der Waals surface area (Å²) in [7, 11) is 0. The lowest BCUT2D eigenvalue weighted by Crippen LogP contribution is -1.97. The summed E-state index contributed by atoms with van der Waals surface area (Å²) in [5.41, 5.74) is 12.6. The predicted octanol–water partition coefficient (Wildman–Crippen LogP) is 0.500. The first-order chi connectivity index (χ1) is 6.18. The van der Waals surface area contributed by atoms with Crippen LogP contribution in [-0.4, -0.2) is 15.1 Å². The highest BCUT2D eigenvalue weighted by Gasteiger charge is 2.05. The fraction of sp³-hybridized carbons (Fsp3) is 0. The Morgan fingerprint density at radius 1 is 1.15 bits per heavy atom. The van der Waals surface area contributed by atoms with Gasteiger partial charge >= 0.3 is 0 Å². The number of benzene rings is 1.